The Kier molecular flexibility index (Phi) is 3.20. The minimum atomic E-state index is -3.83. The van der Waals surface area contributed by atoms with Gasteiger partial charge in [-0.05, 0) is 18.8 Å². The van der Waals surface area contributed by atoms with Gasteiger partial charge in [-0.3, -0.25) is 0 Å². The highest BCUT2D eigenvalue weighted by Gasteiger charge is 2.39. The van der Waals surface area contributed by atoms with Gasteiger partial charge in [0.1, 0.15) is 0 Å². The van der Waals surface area contributed by atoms with Crippen LogP contribution in [0.2, 0.25) is 0 Å². The van der Waals surface area contributed by atoms with Crippen LogP contribution in [0.1, 0.15) is 25.7 Å². The largest absolute Gasteiger partial charge is 0.399 e. The van der Waals surface area contributed by atoms with Crippen molar-refractivity contribution in [3.05, 3.63) is 0 Å². The van der Waals surface area contributed by atoms with Crippen LogP contribution >= 0.6 is 0 Å². The summed E-state index contributed by atoms with van der Waals surface area (Å²) in [7, 11) is -3.83. The highest BCUT2D eigenvalue weighted by molar-refractivity contribution is 7.81. The van der Waals surface area contributed by atoms with E-state index >= 15 is 0 Å². The number of halogens is 2. The molecule has 7 heteroatoms. The second kappa shape index (κ2) is 4.19. The number of rotatable bonds is 1. The Bertz CT molecular complexity index is 331. The van der Waals surface area contributed by atoms with Gasteiger partial charge in [0.25, 0.3) is 0 Å². The normalized spacial score (nSPS) is 31.4. The molecule has 1 saturated heterocycles. The SMILES string of the molecule is O=S1(=O)OCC(C2CCC(F)(F)CC2)CO1. The molecule has 2 aliphatic rings. The highest BCUT2D eigenvalue weighted by atomic mass is 32.3. The molecular weight excluding hydrogens is 242 g/mol. The van der Waals surface area contributed by atoms with E-state index in [2.05, 4.69) is 8.37 Å². The maximum absolute atomic E-state index is 12.9. The molecule has 0 bridgehead atoms. The van der Waals surface area contributed by atoms with E-state index in [-0.39, 0.29) is 37.9 Å². The monoisotopic (exact) mass is 256 g/mol. The average molecular weight is 256 g/mol. The Hall–Kier alpha value is -0.270. The van der Waals surface area contributed by atoms with Crippen molar-refractivity contribution in [2.45, 2.75) is 31.6 Å². The van der Waals surface area contributed by atoms with Gasteiger partial charge in [-0.15, -0.1) is 0 Å². The van der Waals surface area contributed by atoms with Crippen LogP contribution in [0.5, 0.6) is 0 Å². The molecule has 1 saturated carbocycles. The number of alkyl halides is 2. The van der Waals surface area contributed by atoms with E-state index < -0.39 is 16.3 Å². The molecule has 0 aromatic heterocycles. The molecule has 0 aromatic carbocycles. The first-order valence-electron chi connectivity index (χ1n) is 5.30. The molecule has 0 radical (unpaired) electrons. The van der Waals surface area contributed by atoms with Crippen molar-refractivity contribution < 1.29 is 25.6 Å². The number of hydrogen-bond acceptors (Lipinski definition) is 4. The second-order valence-electron chi connectivity index (χ2n) is 4.43. The van der Waals surface area contributed by atoms with Gasteiger partial charge in [0.2, 0.25) is 5.92 Å². The Morgan fingerprint density at radius 1 is 1.00 bits per heavy atom. The minimum absolute atomic E-state index is 0.0541. The van der Waals surface area contributed by atoms with E-state index in [0.717, 1.165) is 0 Å². The molecule has 0 spiro atoms. The van der Waals surface area contributed by atoms with E-state index in [1.54, 1.807) is 0 Å². The summed E-state index contributed by atoms with van der Waals surface area (Å²) in [5.41, 5.74) is 0. The van der Waals surface area contributed by atoms with Crippen LogP contribution in [0.4, 0.5) is 8.78 Å². The molecule has 0 unspecified atom stereocenters. The molecule has 2 fully saturated rings. The smallest absolute Gasteiger partial charge is 0.248 e. The van der Waals surface area contributed by atoms with Crippen molar-refractivity contribution >= 4 is 10.4 Å². The van der Waals surface area contributed by atoms with Crippen LogP contribution in [0, 0.1) is 11.8 Å². The van der Waals surface area contributed by atoms with Crippen molar-refractivity contribution in [1.82, 2.24) is 0 Å². The summed E-state index contributed by atoms with van der Waals surface area (Å²) >= 11 is 0. The lowest BCUT2D eigenvalue weighted by Crippen LogP contribution is -2.36. The third-order valence-corrected chi connectivity index (χ3v) is 4.13. The molecule has 1 aliphatic heterocycles. The summed E-state index contributed by atoms with van der Waals surface area (Å²) in [4.78, 5) is 0. The van der Waals surface area contributed by atoms with Crippen molar-refractivity contribution in [3.8, 4) is 0 Å². The van der Waals surface area contributed by atoms with Crippen molar-refractivity contribution in [3.63, 3.8) is 0 Å². The summed E-state index contributed by atoms with van der Waals surface area (Å²) in [6.07, 6.45) is 0.566. The minimum Gasteiger partial charge on any atom is -0.248 e. The molecule has 1 aliphatic carbocycles. The lowest BCUT2D eigenvalue weighted by Gasteiger charge is -2.34. The molecule has 16 heavy (non-hydrogen) atoms. The van der Waals surface area contributed by atoms with Crippen LogP contribution in [0.15, 0.2) is 0 Å². The van der Waals surface area contributed by atoms with Crippen LogP contribution in [-0.2, 0) is 18.8 Å². The van der Waals surface area contributed by atoms with Crippen LogP contribution in [0.3, 0.4) is 0 Å². The van der Waals surface area contributed by atoms with Crippen molar-refractivity contribution in [2.75, 3.05) is 13.2 Å². The third-order valence-electron chi connectivity index (χ3n) is 3.28. The lowest BCUT2D eigenvalue weighted by molar-refractivity contribution is -0.0612. The summed E-state index contributed by atoms with van der Waals surface area (Å²) in [6, 6.07) is 0. The summed E-state index contributed by atoms with van der Waals surface area (Å²) in [6.45, 7) is 0.108. The standard InChI is InChI=1S/C9H14F2O4S/c10-9(11)3-1-7(2-4-9)8-5-14-16(12,13)15-6-8/h7-8H,1-6H2. The fraction of sp³-hybridized carbons (Fsp3) is 1.00. The molecule has 94 valence electrons. The molecule has 1 heterocycles. The molecule has 4 nitrogen and oxygen atoms in total. The Balaban J connectivity index is 1.87. The van der Waals surface area contributed by atoms with Gasteiger partial charge < -0.3 is 0 Å². The number of hydrogen-bond donors (Lipinski definition) is 0. The van der Waals surface area contributed by atoms with Gasteiger partial charge in [-0.25, -0.2) is 17.1 Å². The van der Waals surface area contributed by atoms with E-state index in [1.165, 1.54) is 0 Å². The average Bonchev–Trinajstić information content (AvgIpc) is 2.19. The Morgan fingerprint density at radius 3 is 2.00 bits per heavy atom. The van der Waals surface area contributed by atoms with E-state index in [0.29, 0.717) is 12.8 Å². The van der Waals surface area contributed by atoms with Crippen LogP contribution in [0.25, 0.3) is 0 Å². The van der Waals surface area contributed by atoms with E-state index in [4.69, 9.17) is 0 Å². The van der Waals surface area contributed by atoms with E-state index in [9.17, 15) is 17.2 Å². The van der Waals surface area contributed by atoms with E-state index in [1.807, 2.05) is 0 Å². The molecular formula is C9H14F2O4S. The van der Waals surface area contributed by atoms with Crippen LogP contribution < -0.4 is 0 Å². The summed E-state index contributed by atoms with van der Waals surface area (Å²) in [5, 5.41) is 0. The first-order chi connectivity index (χ1) is 7.38. The predicted molar refractivity (Wildman–Crippen MR) is 51.2 cm³/mol. The third kappa shape index (κ3) is 2.89. The first kappa shape index (κ1) is 12.2. The Morgan fingerprint density at radius 2 is 1.50 bits per heavy atom. The summed E-state index contributed by atoms with van der Waals surface area (Å²) in [5.74, 6) is -2.56. The molecule has 2 rings (SSSR count). The fourth-order valence-corrected chi connectivity index (χ4v) is 2.98. The zero-order valence-corrected chi connectivity index (χ0v) is 9.51. The van der Waals surface area contributed by atoms with Gasteiger partial charge >= 0.3 is 10.4 Å². The first-order valence-corrected chi connectivity index (χ1v) is 6.63. The maximum Gasteiger partial charge on any atom is 0.399 e. The topological polar surface area (TPSA) is 52.6 Å². The van der Waals surface area contributed by atoms with Gasteiger partial charge in [-0.1, -0.05) is 0 Å². The van der Waals surface area contributed by atoms with Crippen molar-refractivity contribution in [1.29, 1.82) is 0 Å². The second-order valence-corrected chi connectivity index (χ2v) is 5.72. The van der Waals surface area contributed by atoms with Gasteiger partial charge in [0.05, 0.1) is 13.2 Å². The fourth-order valence-electron chi connectivity index (χ4n) is 2.23. The van der Waals surface area contributed by atoms with Gasteiger partial charge in [-0.2, -0.15) is 8.42 Å². The molecule has 0 atom stereocenters. The quantitative estimate of drug-likeness (QED) is 0.716. The zero-order valence-electron chi connectivity index (χ0n) is 8.69. The van der Waals surface area contributed by atoms with Gasteiger partial charge in [0.15, 0.2) is 0 Å². The molecule has 0 amide bonds. The summed E-state index contributed by atoms with van der Waals surface area (Å²) < 4.78 is 56.5. The lowest BCUT2D eigenvalue weighted by atomic mass is 9.79. The predicted octanol–water partition coefficient (Wildman–Crippen LogP) is 1.72. The Labute approximate surface area is 93.2 Å². The van der Waals surface area contributed by atoms with Gasteiger partial charge in [0, 0.05) is 18.8 Å². The molecule has 0 aromatic rings. The zero-order chi connectivity index (χ0) is 11.8. The van der Waals surface area contributed by atoms with Crippen LogP contribution in [-0.4, -0.2) is 27.6 Å². The van der Waals surface area contributed by atoms with Crippen molar-refractivity contribution in [2.24, 2.45) is 11.8 Å². The highest BCUT2D eigenvalue weighted by Crippen LogP contribution is 2.40. The molecule has 0 N–H and O–H groups in total. The maximum atomic E-state index is 12.9.